The van der Waals surface area contributed by atoms with Gasteiger partial charge in [-0.25, -0.2) is 4.98 Å². The van der Waals surface area contributed by atoms with Crippen LogP contribution in [0.3, 0.4) is 0 Å². The minimum atomic E-state index is 0. The average molecular weight is 475 g/mol. The third-order valence-electron chi connectivity index (χ3n) is 3.48. The summed E-state index contributed by atoms with van der Waals surface area (Å²) in [6, 6.07) is 12.5. The molecule has 0 atom stereocenters. The van der Waals surface area contributed by atoms with Crippen LogP contribution in [0.1, 0.15) is 11.1 Å². The molecular weight excluding hydrogens is 460 g/mol. The number of hydrogen-bond acceptors (Lipinski definition) is 3. The molecule has 0 spiro atoms. The van der Waals surface area contributed by atoms with E-state index >= 15 is 0 Å². The average Bonchev–Trinajstić information content (AvgIpc) is 2.93. The lowest BCUT2D eigenvalue weighted by molar-refractivity contribution is 1.32. The summed E-state index contributed by atoms with van der Waals surface area (Å²) in [6.45, 7) is 4.25. The fourth-order valence-electron chi connectivity index (χ4n) is 2.07. The van der Waals surface area contributed by atoms with Crippen molar-refractivity contribution in [1.29, 1.82) is 0 Å². The Morgan fingerprint density at radius 1 is 1.00 bits per heavy atom. The van der Waals surface area contributed by atoms with E-state index in [1.807, 2.05) is 18.2 Å². The minimum Gasteiger partial charge on any atom is -0.331 e. The summed E-state index contributed by atoms with van der Waals surface area (Å²) >= 11 is 8.62. The smallest absolute Gasteiger partial charge is 0.187 e. The van der Waals surface area contributed by atoms with Crippen LogP contribution in [-0.2, 0) is 0 Å². The molecule has 0 amide bonds. The number of aromatic nitrogens is 1. The van der Waals surface area contributed by atoms with Gasteiger partial charge in [0, 0.05) is 19.9 Å². The second-order valence-corrected chi connectivity index (χ2v) is 7.71. The summed E-state index contributed by atoms with van der Waals surface area (Å²) in [5.41, 5.74) is 5.75. The topological polar surface area (TPSA) is 24.9 Å². The Morgan fingerprint density at radius 2 is 1.78 bits per heavy atom. The zero-order chi connectivity index (χ0) is 15.7. The normalized spacial score (nSPS) is 10.3. The maximum Gasteiger partial charge on any atom is 0.187 e. The standard InChI is InChI=1S/C17H14Br2N2S.ClH/c1-10-3-4-12(7-11(10)2)16-9-22-17(21-16)20-15-6-5-13(18)8-14(15)19;/h3-9H,1-2H3,(H,20,21);1H. The van der Waals surface area contributed by atoms with Crippen LogP contribution < -0.4 is 5.32 Å². The number of benzene rings is 2. The molecule has 1 N–H and O–H groups in total. The molecular formula is C17H15Br2ClN2S. The molecule has 0 aliphatic rings. The second-order valence-electron chi connectivity index (χ2n) is 5.09. The predicted molar refractivity (Wildman–Crippen MR) is 109 cm³/mol. The fraction of sp³-hybridized carbons (Fsp3) is 0.118. The van der Waals surface area contributed by atoms with Crippen LogP contribution in [0.2, 0.25) is 0 Å². The highest BCUT2D eigenvalue weighted by molar-refractivity contribution is 9.11. The Hall–Kier alpha value is -0.880. The molecule has 6 heteroatoms. The lowest BCUT2D eigenvalue weighted by atomic mass is 10.1. The van der Waals surface area contributed by atoms with Crippen LogP contribution in [-0.4, -0.2) is 4.98 Å². The second kappa shape index (κ2) is 7.79. The van der Waals surface area contributed by atoms with E-state index in [1.165, 1.54) is 11.1 Å². The van der Waals surface area contributed by atoms with Gasteiger partial charge in [0.2, 0.25) is 0 Å². The molecule has 1 heterocycles. The Morgan fingerprint density at radius 3 is 2.48 bits per heavy atom. The van der Waals surface area contributed by atoms with Crippen molar-refractivity contribution >= 4 is 66.4 Å². The van der Waals surface area contributed by atoms with Crippen LogP contribution in [0.15, 0.2) is 50.7 Å². The summed E-state index contributed by atoms with van der Waals surface area (Å²) in [5.74, 6) is 0. The summed E-state index contributed by atoms with van der Waals surface area (Å²) in [5, 5.41) is 6.32. The molecule has 0 unspecified atom stereocenters. The van der Waals surface area contributed by atoms with Gasteiger partial charge in [-0.3, -0.25) is 0 Å². The third kappa shape index (κ3) is 4.35. The Bertz CT molecular complexity index is 833. The molecule has 0 radical (unpaired) electrons. The van der Waals surface area contributed by atoms with Crippen LogP contribution in [0, 0.1) is 13.8 Å². The van der Waals surface area contributed by atoms with Crippen molar-refractivity contribution in [2.75, 3.05) is 5.32 Å². The van der Waals surface area contributed by atoms with E-state index in [0.717, 1.165) is 31.0 Å². The van der Waals surface area contributed by atoms with E-state index < -0.39 is 0 Å². The summed E-state index contributed by atoms with van der Waals surface area (Å²) in [4.78, 5) is 4.68. The van der Waals surface area contributed by atoms with Crippen molar-refractivity contribution < 1.29 is 0 Å². The summed E-state index contributed by atoms with van der Waals surface area (Å²) in [6.07, 6.45) is 0. The first-order chi connectivity index (χ1) is 10.5. The summed E-state index contributed by atoms with van der Waals surface area (Å²) in [7, 11) is 0. The van der Waals surface area contributed by atoms with E-state index in [2.05, 4.69) is 79.6 Å². The van der Waals surface area contributed by atoms with Gasteiger partial charge >= 0.3 is 0 Å². The van der Waals surface area contributed by atoms with E-state index in [4.69, 9.17) is 0 Å². The van der Waals surface area contributed by atoms with Gasteiger partial charge in [0.1, 0.15) is 0 Å². The maximum absolute atomic E-state index is 4.68. The quantitative estimate of drug-likeness (QED) is 0.437. The molecule has 3 rings (SSSR count). The molecule has 2 aromatic carbocycles. The van der Waals surface area contributed by atoms with Crippen molar-refractivity contribution in [2.24, 2.45) is 0 Å². The van der Waals surface area contributed by atoms with Crippen LogP contribution >= 0.6 is 55.6 Å². The highest BCUT2D eigenvalue weighted by Crippen LogP contribution is 2.32. The maximum atomic E-state index is 4.68. The molecule has 120 valence electrons. The number of anilines is 2. The van der Waals surface area contributed by atoms with Gasteiger partial charge in [-0.05, 0) is 65.2 Å². The number of hydrogen-bond donors (Lipinski definition) is 1. The Labute approximate surface area is 163 Å². The number of rotatable bonds is 3. The molecule has 2 nitrogen and oxygen atoms in total. The van der Waals surface area contributed by atoms with Gasteiger partial charge in [0.15, 0.2) is 5.13 Å². The largest absolute Gasteiger partial charge is 0.331 e. The zero-order valence-electron chi connectivity index (χ0n) is 12.6. The molecule has 0 bridgehead atoms. The van der Waals surface area contributed by atoms with Crippen molar-refractivity contribution in [3.05, 3.63) is 61.9 Å². The van der Waals surface area contributed by atoms with Gasteiger partial charge in [-0.15, -0.1) is 23.7 Å². The van der Waals surface area contributed by atoms with Crippen molar-refractivity contribution in [2.45, 2.75) is 13.8 Å². The first-order valence-electron chi connectivity index (χ1n) is 6.78. The van der Waals surface area contributed by atoms with Gasteiger partial charge in [0.25, 0.3) is 0 Å². The van der Waals surface area contributed by atoms with Crippen LogP contribution in [0.4, 0.5) is 10.8 Å². The van der Waals surface area contributed by atoms with Crippen molar-refractivity contribution in [1.82, 2.24) is 4.98 Å². The molecule has 0 aliphatic heterocycles. The molecule has 1 aromatic heterocycles. The van der Waals surface area contributed by atoms with E-state index in [0.29, 0.717) is 0 Å². The number of nitrogens with one attached hydrogen (secondary N) is 1. The van der Waals surface area contributed by atoms with Gasteiger partial charge in [-0.1, -0.05) is 28.1 Å². The number of thiazole rings is 1. The van der Waals surface area contributed by atoms with E-state index in [9.17, 15) is 0 Å². The molecule has 0 saturated carbocycles. The van der Waals surface area contributed by atoms with Gasteiger partial charge in [-0.2, -0.15) is 0 Å². The third-order valence-corrected chi connectivity index (χ3v) is 5.39. The highest BCUT2D eigenvalue weighted by Gasteiger charge is 2.07. The van der Waals surface area contributed by atoms with E-state index in [-0.39, 0.29) is 12.4 Å². The SMILES string of the molecule is Cc1ccc(-c2csc(Nc3ccc(Br)cc3Br)n2)cc1C.Cl. The Kier molecular flexibility index (Phi) is 6.26. The van der Waals surface area contributed by atoms with Gasteiger partial charge < -0.3 is 5.32 Å². The van der Waals surface area contributed by atoms with Crippen molar-refractivity contribution in [3.8, 4) is 11.3 Å². The molecule has 0 saturated heterocycles. The summed E-state index contributed by atoms with van der Waals surface area (Å²) < 4.78 is 2.05. The van der Waals surface area contributed by atoms with Crippen LogP contribution in [0.5, 0.6) is 0 Å². The number of nitrogens with zero attached hydrogens (tertiary/aromatic N) is 1. The van der Waals surface area contributed by atoms with Crippen LogP contribution in [0.25, 0.3) is 11.3 Å². The molecule has 3 aromatic rings. The first-order valence-corrected chi connectivity index (χ1v) is 9.25. The predicted octanol–water partition coefficient (Wildman–Crippen LogP) is 7.12. The lowest BCUT2D eigenvalue weighted by Crippen LogP contribution is -1.91. The van der Waals surface area contributed by atoms with Crippen molar-refractivity contribution in [3.63, 3.8) is 0 Å². The minimum absolute atomic E-state index is 0. The molecule has 0 aliphatic carbocycles. The number of halogens is 3. The molecule has 0 fully saturated rings. The van der Waals surface area contributed by atoms with E-state index in [1.54, 1.807) is 11.3 Å². The molecule has 23 heavy (non-hydrogen) atoms. The number of aryl methyl sites for hydroxylation is 2. The Balaban J connectivity index is 0.00000192. The lowest BCUT2D eigenvalue weighted by Gasteiger charge is -2.06. The van der Waals surface area contributed by atoms with Gasteiger partial charge in [0.05, 0.1) is 11.4 Å². The fourth-order valence-corrected chi connectivity index (χ4v) is 3.95. The zero-order valence-corrected chi connectivity index (χ0v) is 17.4. The highest BCUT2D eigenvalue weighted by atomic mass is 79.9. The first kappa shape index (κ1) is 18.5. The monoisotopic (exact) mass is 472 g/mol.